The van der Waals surface area contributed by atoms with Crippen LogP contribution >= 0.6 is 0 Å². The number of benzene rings is 3. The van der Waals surface area contributed by atoms with Crippen molar-refractivity contribution in [2.75, 3.05) is 13.3 Å². The summed E-state index contributed by atoms with van der Waals surface area (Å²) in [7, 11) is -1.94. The van der Waals surface area contributed by atoms with Crippen LogP contribution in [0.2, 0.25) is 5.71 Å². The first-order valence-corrected chi connectivity index (χ1v) is 17.9. The summed E-state index contributed by atoms with van der Waals surface area (Å²) in [5.41, 5.74) is 3.29. The Morgan fingerprint density at radius 3 is 2.43 bits per heavy atom. The second kappa shape index (κ2) is 10.4. The number of aromatic carboxylic acids is 1. The Labute approximate surface area is 216 Å². The van der Waals surface area contributed by atoms with Gasteiger partial charge in [-0.1, -0.05) is 0 Å². The van der Waals surface area contributed by atoms with Crippen LogP contribution in [-0.2, 0) is 14.7 Å². The molecule has 0 radical (unpaired) electrons. The van der Waals surface area contributed by atoms with E-state index in [9.17, 15) is 27.5 Å². The van der Waals surface area contributed by atoms with Crippen molar-refractivity contribution in [3.8, 4) is 17.1 Å². The van der Waals surface area contributed by atoms with Crippen molar-refractivity contribution in [3.63, 3.8) is 0 Å². The van der Waals surface area contributed by atoms with Crippen LogP contribution in [0.25, 0.3) is 22.3 Å². The fourth-order valence-electron chi connectivity index (χ4n) is 3.76. The Bertz CT molecular complexity index is 1610. The molecule has 11 heteroatoms. The number of amides is 1. The zero-order valence-electron chi connectivity index (χ0n) is 20.1. The van der Waals surface area contributed by atoms with Gasteiger partial charge in [0, 0.05) is 0 Å². The van der Waals surface area contributed by atoms with Crippen molar-refractivity contribution in [1.82, 2.24) is 5.32 Å². The maximum atomic E-state index is 13.5. The fourth-order valence-corrected chi connectivity index (χ4v) is 8.66. The number of nitrogens with one attached hydrogen (secondary N) is 1. The second-order valence-corrected chi connectivity index (χ2v) is 19.8. The number of rotatable bonds is 8. The molecule has 1 unspecified atom stereocenters. The molecule has 0 aliphatic carbocycles. The molecular weight excluding hydrogens is 564 g/mol. The molecule has 3 aromatic carbocycles. The normalized spacial score (nSPS) is 12.3. The van der Waals surface area contributed by atoms with Gasteiger partial charge in [-0.05, 0) is 0 Å². The van der Waals surface area contributed by atoms with Gasteiger partial charge >= 0.3 is 217 Å². The Morgan fingerprint density at radius 1 is 1.11 bits per heavy atom. The molecule has 0 bridgehead atoms. The van der Waals surface area contributed by atoms with Gasteiger partial charge in [0.1, 0.15) is 0 Å². The first-order valence-electron chi connectivity index (χ1n) is 11.0. The SMILES string of the molecule is CNC(=O)c1c(-c2ccc(F)cc2)oc2cc([As](C)S(C)(=O)=O)c(OCc3cccc(C(=O)O)c3)cc12. The van der Waals surface area contributed by atoms with Crippen molar-refractivity contribution in [2.24, 2.45) is 0 Å². The Hall–Kier alpha value is -3.62. The molecule has 4 aromatic rings. The van der Waals surface area contributed by atoms with Crippen molar-refractivity contribution < 1.29 is 36.7 Å². The average Bonchev–Trinajstić information content (AvgIpc) is 3.24. The fraction of sp³-hybridized carbons (Fsp3) is 0.154. The number of carbonyl (C=O) groups excluding carboxylic acids is 1. The summed E-state index contributed by atoms with van der Waals surface area (Å²) in [5, 5.41) is 12.2. The minimum absolute atomic E-state index is 0.0242. The standard InChI is InChI=1S/C26H23AsFNO7S/c1-27(37(3,33)34)20-13-21-19(12-22(20)35-14-15-5-4-6-17(11-15)26(31)32)23(25(30)29-2)24(36-21)16-7-9-18(28)10-8-16/h4-13H,14H2,1-3H3,(H,29,30)(H,31,32). The van der Waals surface area contributed by atoms with Gasteiger partial charge in [-0.2, -0.15) is 0 Å². The van der Waals surface area contributed by atoms with Gasteiger partial charge in [-0.3, -0.25) is 0 Å². The number of carboxylic acid groups (broad SMARTS) is 1. The number of carboxylic acids is 1. The quantitative estimate of drug-likeness (QED) is 0.301. The van der Waals surface area contributed by atoms with E-state index in [-0.39, 0.29) is 34.8 Å². The van der Waals surface area contributed by atoms with Crippen molar-refractivity contribution in [3.05, 3.63) is 83.2 Å². The molecule has 1 amide bonds. The van der Waals surface area contributed by atoms with E-state index in [1.54, 1.807) is 30.0 Å². The van der Waals surface area contributed by atoms with Gasteiger partial charge in [0.2, 0.25) is 0 Å². The number of hydrogen-bond acceptors (Lipinski definition) is 6. The van der Waals surface area contributed by atoms with E-state index in [0.29, 0.717) is 20.9 Å². The zero-order valence-corrected chi connectivity index (χ0v) is 22.8. The van der Waals surface area contributed by atoms with Crippen LogP contribution in [0.1, 0.15) is 26.3 Å². The summed E-state index contributed by atoms with van der Waals surface area (Å²) in [6.45, 7) is -0.0242. The second-order valence-electron chi connectivity index (χ2n) is 8.23. The van der Waals surface area contributed by atoms with Crippen molar-refractivity contribution >= 4 is 48.8 Å². The van der Waals surface area contributed by atoms with E-state index in [2.05, 4.69) is 5.32 Å². The third-order valence-electron chi connectivity index (χ3n) is 5.74. The van der Waals surface area contributed by atoms with Gasteiger partial charge < -0.3 is 0 Å². The zero-order chi connectivity index (χ0) is 26.9. The summed E-state index contributed by atoms with van der Waals surface area (Å²) in [5.74, 6) is -1.50. The number of carbonyl (C=O) groups is 2. The average molecular weight is 587 g/mol. The third kappa shape index (κ3) is 5.55. The molecule has 0 aliphatic heterocycles. The summed E-state index contributed by atoms with van der Waals surface area (Å²) in [6.07, 6.45) is 1.17. The molecule has 1 aromatic heterocycles. The summed E-state index contributed by atoms with van der Waals surface area (Å²) in [4.78, 5) is 24.2. The molecule has 1 atom stereocenters. The van der Waals surface area contributed by atoms with Crippen molar-refractivity contribution in [2.45, 2.75) is 12.3 Å². The number of halogens is 1. The van der Waals surface area contributed by atoms with Gasteiger partial charge in [0.15, 0.2) is 0 Å². The molecule has 0 saturated heterocycles. The van der Waals surface area contributed by atoms with Gasteiger partial charge in [0.25, 0.3) is 0 Å². The third-order valence-corrected chi connectivity index (χ3v) is 16.2. The Balaban J connectivity index is 1.89. The minimum atomic E-state index is -3.40. The van der Waals surface area contributed by atoms with Crippen LogP contribution < -0.4 is 14.4 Å². The summed E-state index contributed by atoms with van der Waals surface area (Å²) in [6, 6.07) is 14.9. The molecule has 0 fully saturated rings. The van der Waals surface area contributed by atoms with Crippen LogP contribution in [0.4, 0.5) is 4.39 Å². The van der Waals surface area contributed by atoms with Gasteiger partial charge in [-0.15, -0.1) is 0 Å². The van der Waals surface area contributed by atoms with Crippen LogP contribution in [-0.4, -0.2) is 52.2 Å². The van der Waals surface area contributed by atoms with Crippen LogP contribution in [0.5, 0.6) is 5.75 Å². The molecule has 4 rings (SSSR count). The van der Waals surface area contributed by atoms with Crippen LogP contribution in [0.15, 0.2) is 65.1 Å². The van der Waals surface area contributed by atoms with Gasteiger partial charge in [0.05, 0.1) is 0 Å². The van der Waals surface area contributed by atoms with E-state index < -0.39 is 39.3 Å². The maximum absolute atomic E-state index is 13.5. The predicted molar refractivity (Wildman–Crippen MR) is 139 cm³/mol. The monoisotopic (exact) mass is 587 g/mol. The first kappa shape index (κ1) is 26.4. The van der Waals surface area contributed by atoms with E-state index >= 15 is 0 Å². The van der Waals surface area contributed by atoms with E-state index in [1.165, 1.54) is 49.7 Å². The van der Waals surface area contributed by atoms with Crippen LogP contribution in [0.3, 0.4) is 0 Å². The number of hydrogen-bond donors (Lipinski definition) is 2. The molecule has 0 aliphatic rings. The Kier molecular flexibility index (Phi) is 7.43. The molecule has 0 saturated carbocycles. The molecule has 37 heavy (non-hydrogen) atoms. The van der Waals surface area contributed by atoms with E-state index in [0.717, 1.165) is 0 Å². The number of furan rings is 1. The van der Waals surface area contributed by atoms with Gasteiger partial charge in [-0.25, -0.2) is 0 Å². The topological polar surface area (TPSA) is 123 Å². The molecule has 192 valence electrons. The Morgan fingerprint density at radius 2 is 1.81 bits per heavy atom. The van der Waals surface area contributed by atoms with E-state index in [4.69, 9.17) is 9.15 Å². The molecule has 2 N–H and O–H groups in total. The van der Waals surface area contributed by atoms with E-state index in [1.807, 2.05) is 0 Å². The first-order chi connectivity index (χ1) is 17.5. The summed E-state index contributed by atoms with van der Waals surface area (Å²) >= 11 is -2.71. The molecule has 0 spiro atoms. The summed E-state index contributed by atoms with van der Waals surface area (Å²) < 4.78 is 51.1. The molecule has 8 nitrogen and oxygen atoms in total. The predicted octanol–water partition coefficient (Wildman–Crippen LogP) is 3.75. The van der Waals surface area contributed by atoms with Crippen molar-refractivity contribution in [1.29, 1.82) is 0 Å². The van der Waals surface area contributed by atoms with Crippen LogP contribution in [0, 0.1) is 5.82 Å². The number of ether oxygens (including phenoxy) is 1. The molecular formula is C26H23AsFNO7S. The number of fused-ring (bicyclic) bond motifs is 1. The molecule has 1 heterocycles.